The number of carbonyl (C=O) groups excluding carboxylic acids is 2. The number of H-pyrrole nitrogens is 1. The minimum absolute atomic E-state index is 0.0146. The van der Waals surface area contributed by atoms with Gasteiger partial charge in [-0.3, -0.25) is 9.59 Å². The number of halogens is 1. The summed E-state index contributed by atoms with van der Waals surface area (Å²) < 4.78 is 23.4. The largest absolute Gasteiger partial charge is 0.360 e. The van der Waals surface area contributed by atoms with E-state index in [0.29, 0.717) is 10.4 Å². The maximum absolute atomic E-state index is 12.9. The van der Waals surface area contributed by atoms with E-state index in [-0.39, 0.29) is 27.0 Å². The number of fused-ring (bicyclic) bond motifs is 1. The van der Waals surface area contributed by atoms with Gasteiger partial charge in [0.25, 0.3) is 0 Å². The summed E-state index contributed by atoms with van der Waals surface area (Å²) in [6, 6.07) is 12.9. The maximum Gasteiger partial charge on any atom is 0.239 e. The highest BCUT2D eigenvalue weighted by atomic mass is 35.5. The smallest absolute Gasteiger partial charge is 0.239 e. The van der Waals surface area contributed by atoms with Crippen molar-refractivity contribution in [3.63, 3.8) is 0 Å². The first-order chi connectivity index (χ1) is 14.1. The summed E-state index contributed by atoms with van der Waals surface area (Å²) >= 11 is 7.30. The van der Waals surface area contributed by atoms with E-state index in [9.17, 15) is 18.0 Å². The van der Waals surface area contributed by atoms with Crippen LogP contribution < -0.4 is 5.14 Å². The van der Waals surface area contributed by atoms with Crippen molar-refractivity contribution in [3.05, 3.63) is 75.8 Å². The molecule has 30 heavy (non-hydrogen) atoms. The van der Waals surface area contributed by atoms with E-state index in [1.807, 2.05) is 18.3 Å². The molecule has 152 valence electrons. The molecule has 0 saturated carbocycles. The zero-order valence-electron chi connectivity index (χ0n) is 15.6. The van der Waals surface area contributed by atoms with Gasteiger partial charge >= 0.3 is 0 Å². The molecule has 2 heterocycles. The predicted octanol–water partition coefficient (Wildman–Crippen LogP) is 4.63. The first-order valence-electron chi connectivity index (χ1n) is 8.74. The van der Waals surface area contributed by atoms with Crippen molar-refractivity contribution in [3.8, 4) is 10.4 Å². The average Bonchev–Trinajstić information content (AvgIpc) is 3.33. The molecule has 0 aliphatic rings. The van der Waals surface area contributed by atoms with Crippen LogP contribution in [0.1, 0.15) is 32.5 Å². The lowest BCUT2D eigenvalue weighted by atomic mass is 10.0. The van der Waals surface area contributed by atoms with Gasteiger partial charge < -0.3 is 4.98 Å². The van der Waals surface area contributed by atoms with Crippen molar-refractivity contribution >= 4 is 55.4 Å². The molecule has 2 aromatic heterocycles. The molecule has 0 amide bonds. The molecular formula is C21H15ClN2O4S2. The number of aromatic amines is 1. The quantitative estimate of drug-likeness (QED) is 0.424. The molecule has 0 radical (unpaired) electrons. The van der Waals surface area contributed by atoms with Gasteiger partial charge in [0.1, 0.15) is 4.90 Å². The van der Waals surface area contributed by atoms with Gasteiger partial charge in [-0.1, -0.05) is 23.7 Å². The van der Waals surface area contributed by atoms with E-state index >= 15 is 0 Å². The molecule has 3 N–H and O–H groups in total. The van der Waals surface area contributed by atoms with Crippen molar-refractivity contribution in [2.24, 2.45) is 5.14 Å². The van der Waals surface area contributed by atoms with Gasteiger partial charge in [0, 0.05) is 38.7 Å². The lowest BCUT2D eigenvalue weighted by molar-refractivity contribution is 0.101. The van der Waals surface area contributed by atoms with E-state index < -0.39 is 10.0 Å². The van der Waals surface area contributed by atoms with Crippen LogP contribution in [0.15, 0.2) is 59.6 Å². The molecule has 0 aliphatic heterocycles. The Labute approximate surface area is 181 Å². The maximum atomic E-state index is 12.9. The fourth-order valence-electron chi connectivity index (χ4n) is 3.17. The molecule has 2 aromatic carbocycles. The Balaban J connectivity index is 1.73. The fraction of sp³-hybridized carbons (Fsp3) is 0.0476. The van der Waals surface area contributed by atoms with Crippen LogP contribution in [0.25, 0.3) is 21.3 Å². The average molecular weight is 459 g/mol. The van der Waals surface area contributed by atoms with Crippen LogP contribution in [0.3, 0.4) is 0 Å². The Bertz CT molecular complexity index is 1430. The van der Waals surface area contributed by atoms with Crippen molar-refractivity contribution in [1.29, 1.82) is 0 Å². The second-order valence-electron chi connectivity index (χ2n) is 6.70. The zero-order valence-corrected chi connectivity index (χ0v) is 18.0. The number of sulfonamides is 1. The van der Waals surface area contributed by atoms with Crippen LogP contribution in [-0.2, 0) is 10.0 Å². The minimum atomic E-state index is -4.05. The first kappa shape index (κ1) is 20.5. The predicted molar refractivity (Wildman–Crippen MR) is 118 cm³/mol. The third-order valence-corrected chi connectivity index (χ3v) is 7.27. The topological polar surface area (TPSA) is 110 Å². The van der Waals surface area contributed by atoms with Crippen molar-refractivity contribution in [2.45, 2.75) is 11.8 Å². The molecule has 6 nitrogen and oxygen atoms in total. The number of thiophene rings is 1. The molecule has 0 aliphatic carbocycles. The van der Waals surface area contributed by atoms with Gasteiger partial charge in [-0.05, 0) is 43.3 Å². The Kier molecular flexibility index (Phi) is 5.11. The molecule has 0 fully saturated rings. The van der Waals surface area contributed by atoms with Crippen LogP contribution in [0.5, 0.6) is 0 Å². The second kappa shape index (κ2) is 7.48. The van der Waals surface area contributed by atoms with Crippen molar-refractivity contribution in [1.82, 2.24) is 4.98 Å². The van der Waals surface area contributed by atoms with E-state index in [0.717, 1.165) is 21.3 Å². The lowest BCUT2D eigenvalue weighted by Crippen LogP contribution is -2.14. The molecular weight excluding hydrogens is 444 g/mol. The summed E-state index contributed by atoms with van der Waals surface area (Å²) in [6.45, 7) is 1.53. The Morgan fingerprint density at radius 3 is 2.40 bits per heavy atom. The van der Waals surface area contributed by atoms with E-state index in [1.165, 1.54) is 36.5 Å². The highest BCUT2D eigenvalue weighted by Gasteiger charge is 2.18. The summed E-state index contributed by atoms with van der Waals surface area (Å²) in [5.41, 5.74) is 2.23. The highest BCUT2D eigenvalue weighted by molar-refractivity contribution is 7.89. The number of benzene rings is 2. The Hall–Kier alpha value is -2.78. The molecule has 9 heteroatoms. The Morgan fingerprint density at radius 1 is 1.03 bits per heavy atom. The summed E-state index contributed by atoms with van der Waals surface area (Å²) in [4.78, 5) is 29.0. The standard InChI is InChI=1S/C21H15ClN2O4S2/c1-11(25)18-6-7-19(29-18)15-10-24-17-8-12(2-4-14(15)17)21(26)13-3-5-16(22)20(9-13)30(23,27)28/h2-10,24H,1H3,(H2,23,27,28). The number of nitrogens with one attached hydrogen (secondary N) is 1. The van der Waals surface area contributed by atoms with Gasteiger partial charge in [0.2, 0.25) is 10.0 Å². The van der Waals surface area contributed by atoms with Crippen LogP contribution in [-0.4, -0.2) is 25.0 Å². The van der Waals surface area contributed by atoms with Crippen LogP contribution >= 0.6 is 22.9 Å². The number of nitrogens with two attached hydrogens (primary N) is 1. The lowest BCUT2D eigenvalue weighted by Gasteiger charge is -2.06. The highest BCUT2D eigenvalue weighted by Crippen LogP contribution is 2.34. The third-order valence-electron chi connectivity index (χ3n) is 4.66. The molecule has 0 spiro atoms. The fourth-order valence-corrected chi connectivity index (χ4v) is 5.18. The summed E-state index contributed by atoms with van der Waals surface area (Å²) in [6.07, 6.45) is 1.83. The third kappa shape index (κ3) is 3.70. The van der Waals surface area contributed by atoms with E-state index in [2.05, 4.69) is 4.98 Å². The molecule has 4 aromatic rings. The molecule has 0 atom stereocenters. The number of ketones is 2. The number of aromatic nitrogens is 1. The van der Waals surface area contributed by atoms with E-state index in [1.54, 1.807) is 18.2 Å². The Morgan fingerprint density at radius 2 is 1.73 bits per heavy atom. The zero-order chi connectivity index (χ0) is 21.6. The van der Waals surface area contributed by atoms with Gasteiger partial charge in [0.05, 0.1) is 9.90 Å². The molecule has 0 unspecified atom stereocenters. The van der Waals surface area contributed by atoms with Crippen LogP contribution in [0.4, 0.5) is 0 Å². The first-order valence-corrected chi connectivity index (χ1v) is 11.5. The van der Waals surface area contributed by atoms with Gasteiger partial charge in [-0.2, -0.15) is 0 Å². The van der Waals surface area contributed by atoms with Crippen molar-refractivity contribution in [2.75, 3.05) is 0 Å². The monoisotopic (exact) mass is 458 g/mol. The molecule has 0 bridgehead atoms. The van der Waals surface area contributed by atoms with Crippen LogP contribution in [0.2, 0.25) is 5.02 Å². The van der Waals surface area contributed by atoms with Gasteiger partial charge in [-0.25, -0.2) is 13.6 Å². The minimum Gasteiger partial charge on any atom is -0.360 e. The summed E-state index contributed by atoms with van der Waals surface area (Å²) in [5, 5.41) is 6.03. The number of hydrogen-bond donors (Lipinski definition) is 2. The number of primary sulfonamides is 1. The number of rotatable bonds is 5. The molecule has 0 saturated heterocycles. The summed E-state index contributed by atoms with van der Waals surface area (Å²) in [5.74, 6) is -0.342. The SMILES string of the molecule is CC(=O)c1ccc(-c2c[nH]c3cc(C(=O)c4ccc(Cl)c(S(N)(=O)=O)c4)ccc23)s1. The molecule has 4 rings (SSSR count). The number of hydrogen-bond acceptors (Lipinski definition) is 5. The number of carbonyl (C=O) groups is 2. The van der Waals surface area contributed by atoms with Crippen molar-refractivity contribution < 1.29 is 18.0 Å². The second-order valence-corrected chi connectivity index (χ2v) is 9.72. The van der Waals surface area contributed by atoms with Gasteiger partial charge in [-0.15, -0.1) is 11.3 Å². The van der Waals surface area contributed by atoms with E-state index in [4.69, 9.17) is 16.7 Å². The normalized spacial score (nSPS) is 11.7. The van der Waals surface area contributed by atoms with Gasteiger partial charge in [0.15, 0.2) is 11.6 Å². The van der Waals surface area contributed by atoms with Crippen LogP contribution in [0, 0.1) is 0 Å². The summed E-state index contributed by atoms with van der Waals surface area (Å²) in [7, 11) is -4.05. The number of Topliss-reactive ketones (excluding diaryl/α,β-unsaturated/α-hetero) is 1.